The molecule has 3 heterocycles. The van der Waals surface area contributed by atoms with Crippen LogP contribution in [0.25, 0.3) is 16.5 Å². The van der Waals surface area contributed by atoms with Gasteiger partial charge >= 0.3 is 0 Å². The molecule has 28 heavy (non-hydrogen) atoms. The highest BCUT2D eigenvalue weighted by molar-refractivity contribution is 7.80. The van der Waals surface area contributed by atoms with Crippen molar-refractivity contribution in [1.29, 1.82) is 0 Å². The number of nitrogens with zero attached hydrogens (tertiary/aromatic N) is 1. The summed E-state index contributed by atoms with van der Waals surface area (Å²) in [5, 5.41) is 24.3. The van der Waals surface area contributed by atoms with E-state index in [0.717, 1.165) is 20.9 Å². The van der Waals surface area contributed by atoms with Gasteiger partial charge in [-0.25, -0.2) is 0 Å². The van der Waals surface area contributed by atoms with Crippen LogP contribution in [0.2, 0.25) is 0 Å². The smallest absolute Gasteiger partial charge is 0.273 e. The third kappa shape index (κ3) is 3.57. The van der Waals surface area contributed by atoms with Crippen LogP contribution in [0, 0.1) is 0 Å². The van der Waals surface area contributed by atoms with Gasteiger partial charge in [0, 0.05) is 28.4 Å². The van der Waals surface area contributed by atoms with E-state index in [1.165, 1.54) is 16.2 Å². The van der Waals surface area contributed by atoms with Crippen molar-refractivity contribution >= 4 is 46.6 Å². The Morgan fingerprint density at radius 1 is 1.25 bits per heavy atom. The number of carbonyl (C=O) groups is 2. The van der Waals surface area contributed by atoms with Gasteiger partial charge in [-0.1, -0.05) is 6.07 Å². The third-order valence-corrected chi connectivity index (χ3v) is 5.83. The molecule has 0 spiro atoms. The van der Waals surface area contributed by atoms with Crippen LogP contribution in [0.5, 0.6) is 0 Å². The van der Waals surface area contributed by atoms with Crippen LogP contribution in [-0.2, 0) is 11.3 Å². The third-order valence-electron chi connectivity index (χ3n) is 4.54. The van der Waals surface area contributed by atoms with Crippen LogP contribution >= 0.6 is 23.6 Å². The minimum Gasteiger partial charge on any atom is -0.394 e. The van der Waals surface area contributed by atoms with Crippen LogP contribution in [-0.4, -0.2) is 51.3 Å². The quantitative estimate of drug-likeness (QED) is 0.431. The van der Waals surface area contributed by atoms with Gasteiger partial charge in [-0.05, 0) is 53.7 Å². The molecule has 1 unspecified atom stereocenters. The Morgan fingerprint density at radius 2 is 2.07 bits per heavy atom. The van der Waals surface area contributed by atoms with Gasteiger partial charge in [-0.3, -0.25) is 14.9 Å². The standard InChI is InChI=1S/C19H17N3O4S2/c23-9-12(24)8-22-7-11-5-10(1-3-14(11)18(22)26)16-4-2-13(28-16)6-15-17(25)21-19(27)20-15/h1-6,12,23-24H,7-9H2,(H2,20,21,25,27)/b15-6-. The molecule has 144 valence electrons. The molecule has 4 rings (SSSR count). The van der Waals surface area contributed by atoms with Crippen molar-refractivity contribution in [3.8, 4) is 10.4 Å². The number of fused-ring (bicyclic) bond motifs is 1. The summed E-state index contributed by atoms with van der Waals surface area (Å²) in [6.45, 7) is 0.131. The number of benzene rings is 1. The van der Waals surface area contributed by atoms with Crippen LogP contribution in [0.4, 0.5) is 0 Å². The molecule has 4 N–H and O–H groups in total. The minimum absolute atomic E-state index is 0.104. The number of nitrogens with one attached hydrogen (secondary N) is 2. The molecule has 0 bridgehead atoms. The Kier molecular flexibility index (Phi) is 4.98. The molecular weight excluding hydrogens is 398 g/mol. The molecule has 2 aliphatic heterocycles. The first kappa shape index (κ1) is 18.8. The number of β-amino-alcohol motifs (C(OH)–C–C–N with tert-alkyl or cyclic N) is 1. The first-order chi connectivity index (χ1) is 13.4. The number of thiophene rings is 1. The van der Waals surface area contributed by atoms with Crippen molar-refractivity contribution < 1.29 is 19.8 Å². The maximum absolute atomic E-state index is 12.4. The number of hydrogen-bond acceptors (Lipinski definition) is 6. The van der Waals surface area contributed by atoms with Gasteiger partial charge in [0.2, 0.25) is 0 Å². The molecular formula is C19H17N3O4S2. The van der Waals surface area contributed by atoms with Crippen molar-refractivity contribution in [3.05, 3.63) is 52.0 Å². The number of hydrogen-bond donors (Lipinski definition) is 4. The summed E-state index contributed by atoms with van der Waals surface area (Å²) in [6, 6.07) is 9.54. The largest absolute Gasteiger partial charge is 0.394 e. The SMILES string of the molecule is O=C1NC(=S)N/C1=C\c1ccc(-c2ccc3c(c2)CN(CC(O)CO)C3=O)s1. The summed E-state index contributed by atoms with van der Waals surface area (Å²) < 4.78 is 0. The highest BCUT2D eigenvalue weighted by atomic mass is 32.1. The summed E-state index contributed by atoms with van der Waals surface area (Å²) in [7, 11) is 0. The van der Waals surface area contributed by atoms with Crippen LogP contribution in [0.1, 0.15) is 20.8 Å². The minimum atomic E-state index is -0.945. The summed E-state index contributed by atoms with van der Waals surface area (Å²) >= 11 is 6.45. The molecule has 0 radical (unpaired) electrons. The van der Waals surface area contributed by atoms with Crippen molar-refractivity contribution in [2.45, 2.75) is 12.6 Å². The van der Waals surface area contributed by atoms with E-state index < -0.39 is 6.10 Å². The lowest BCUT2D eigenvalue weighted by Crippen LogP contribution is -2.34. The first-order valence-electron chi connectivity index (χ1n) is 8.60. The van der Waals surface area contributed by atoms with Gasteiger partial charge in [0.1, 0.15) is 5.70 Å². The molecule has 2 aromatic rings. The van der Waals surface area contributed by atoms with E-state index in [1.54, 1.807) is 12.1 Å². The van der Waals surface area contributed by atoms with Crippen LogP contribution in [0.3, 0.4) is 0 Å². The van der Waals surface area contributed by atoms with Crippen LogP contribution < -0.4 is 10.6 Å². The maximum Gasteiger partial charge on any atom is 0.273 e. The van der Waals surface area contributed by atoms with E-state index >= 15 is 0 Å². The molecule has 7 nitrogen and oxygen atoms in total. The summed E-state index contributed by atoms with van der Waals surface area (Å²) in [5.74, 6) is -0.388. The number of aliphatic hydroxyl groups excluding tert-OH is 2. The van der Waals surface area contributed by atoms with Gasteiger partial charge in [-0.15, -0.1) is 11.3 Å². The molecule has 1 saturated heterocycles. The van der Waals surface area contributed by atoms with E-state index in [9.17, 15) is 14.7 Å². The van der Waals surface area contributed by atoms with Crippen molar-refractivity contribution in [2.24, 2.45) is 0 Å². The number of carbonyl (C=O) groups excluding carboxylic acids is 2. The Balaban J connectivity index is 1.55. The zero-order valence-electron chi connectivity index (χ0n) is 14.6. The highest BCUT2D eigenvalue weighted by Crippen LogP contribution is 2.33. The zero-order chi connectivity index (χ0) is 19.8. The molecule has 0 saturated carbocycles. The Hall–Kier alpha value is -2.59. The second-order valence-electron chi connectivity index (χ2n) is 6.56. The van der Waals surface area contributed by atoms with E-state index in [4.69, 9.17) is 17.3 Å². The lowest BCUT2D eigenvalue weighted by Gasteiger charge is -2.18. The second kappa shape index (κ2) is 7.44. The number of thiocarbonyl (C=S) groups is 1. The summed E-state index contributed by atoms with van der Waals surface area (Å²) in [4.78, 5) is 27.6. The van der Waals surface area contributed by atoms with Gasteiger partial charge in [0.15, 0.2) is 5.11 Å². The molecule has 1 atom stereocenters. The average molecular weight is 415 g/mol. The molecule has 2 amide bonds. The van der Waals surface area contributed by atoms with E-state index in [0.29, 0.717) is 22.9 Å². The number of amides is 2. The summed E-state index contributed by atoms with van der Waals surface area (Å²) in [5.41, 5.74) is 2.90. The average Bonchev–Trinajstić information content (AvgIpc) is 3.34. The van der Waals surface area contributed by atoms with Gasteiger partial charge in [-0.2, -0.15) is 0 Å². The van der Waals surface area contributed by atoms with Crippen molar-refractivity contribution in [1.82, 2.24) is 15.5 Å². The zero-order valence-corrected chi connectivity index (χ0v) is 16.3. The van der Waals surface area contributed by atoms with Crippen molar-refractivity contribution in [2.75, 3.05) is 13.2 Å². The topological polar surface area (TPSA) is 102 Å². The molecule has 0 aliphatic carbocycles. The monoisotopic (exact) mass is 415 g/mol. The van der Waals surface area contributed by atoms with Gasteiger partial charge in [0.05, 0.1) is 12.7 Å². The van der Waals surface area contributed by atoms with Crippen LogP contribution in [0.15, 0.2) is 36.0 Å². The fraction of sp³-hybridized carbons (Fsp3) is 0.211. The summed E-state index contributed by atoms with van der Waals surface area (Å²) in [6.07, 6.45) is 0.803. The lowest BCUT2D eigenvalue weighted by atomic mass is 10.1. The van der Waals surface area contributed by atoms with E-state index in [-0.39, 0.29) is 25.0 Å². The number of aliphatic hydroxyl groups is 2. The molecule has 1 fully saturated rings. The van der Waals surface area contributed by atoms with E-state index in [1.807, 2.05) is 24.3 Å². The molecule has 9 heteroatoms. The fourth-order valence-electron chi connectivity index (χ4n) is 3.20. The highest BCUT2D eigenvalue weighted by Gasteiger charge is 2.29. The predicted molar refractivity (Wildman–Crippen MR) is 109 cm³/mol. The normalized spacial score (nSPS) is 18.4. The first-order valence-corrected chi connectivity index (χ1v) is 9.82. The Bertz CT molecular complexity index is 1010. The lowest BCUT2D eigenvalue weighted by molar-refractivity contribution is -0.115. The predicted octanol–water partition coefficient (Wildman–Crippen LogP) is 1.07. The number of rotatable bonds is 5. The fourth-order valence-corrected chi connectivity index (χ4v) is 4.35. The molecule has 2 aliphatic rings. The van der Waals surface area contributed by atoms with Gasteiger partial charge in [0.25, 0.3) is 11.8 Å². The maximum atomic E-state index is 12.4. The Labute approximate surface area is 170 Å². The molecule has 1 aromatic carbocycles. The van der Waals surface area contributed by atoms with E-state index in [2.05, 4.69) is 10.6 Å². The molecule has 1 aromatic heterocycles. The second-order valence-corrected chi connectivity index (χ2v) is 8.09. The van der Waals surface area contributed by atoms with Gasteiger partial charge < -0.3 is 20.4 Å². The van der Waals surface area contributed by atoms with Crippen molar-refractivity contribution in [3.63, 3.8) is 0 Å². The Morgan fingerprint density at radius 3 is 2.79 bits per heavy atom.